The number of alkyl halides is 3. The van der Waals surface area contributed by atoms with Crippen molar-refractivity contribution in [3.8, 4) is 5.75 Å². The lowest BCUT2D eigenvalue weighted by Gasteiger charge is -2.12. The van der Waals surface area contributed by atoms with E-state index >= 15 is 0 Å². The van der Waals surface area contributed by atoms with Gasteiger partial charge in [0, 0.05) is 6.07 Å². The number of ether oxygens (including phenoxy) is 1. The summed E-state index contributed by atoms with van der Waals surface area (Å²) in [5.74, 6) is -1.07. The third-order valence-electron chi connectivity index (χ3n) is 1.57. The number of benzene rings is 1. The van der Waals surface area contributed by atoms with Crippen molar-refractivity contribution < 1.29 is 22.3 Å². The van der Waals surface area contributed by atoms with Gasteiger partial charge < -0.3 is 4.74 Å². The minimum atomic E-state index is -4.56. The molecule has 0 aliphatic carbocycles. The van der Waals surface area contributed by atoms with Gasteiger partial charge in [-0.25, -0.2) is 4.39 Å². The van der Waals surface area contributed by atoms with Gasteiger partial charge in [0.15, 0.2) is 0 Å². The number of hydrogen-bond donors (Lipinski definition) is 0. The zero-order valence-corrected chi connectivity index (χ0v) is 8.23. The molecule has 0 heterocycles. The maximum atomic E-state index is 12.8. The van der Waals surface area contributed by atoms with Gasteiger partial charge in [-0.05, 0) is 26.0 Å². The maximum absolute atomic E-state index is 12.8. The third kappa shape index (κ3) is 3.42. The molecule has 1 nitrogen and oxygen atoms in total. The van der Waals surface area contributed by atoms with E-state index in [9.17, 15) is 17.6 Å². The number of hydrogen-bond acceptors (Lipinski definition) is 1. The first-order valence-electron chi connectivity index (χ1n) is 4.33. The van der Waals surface area contributed by atoms with Gasteiger partial charge in [0.2, 0.25) is 0 Å². The summed E-state index contributed by atoms with van der Waals surface area (Å²) in [5.41, 5.74) is -1.04. The van der Waals surface area contributed by atoms with Gasteiger partial charge in [-0.3, -0.25) is 0 Å². The molecular formula is C10H10F4O. The van der Waals surface area contributed by atoms with E-state index in [2.05, 4.69) is 0 Å². The van der Waals surface area contributed by atoms with E-state index in [0.29, 0.717) is 6.07 Å². The van der Waals surface area contributed by atoms with E-state index in [1.54, 1.807) is 13.8 Å². The Hall–Kier alpha value is -1.26. The van der Waals surface area contributed by atoms with Crippen LogP contribution in [0.3, 0.4) is 0 Å². The zero-order valence-electron chi connectivity index (χ0n) is 8.23. The van der Waals surface area contributed by atoms with Gasteiger partial charge in [0.25, 0.3) is 0 Å². The zero-order chi connectivity index (χ0) is 11.6. The molecule has 0 spiro atoms. The SMILES string of the molecule is CC(C)Oc1cc(F)cc(C(F)(F)F)c1. The van der Waals surface area contributed by atoms with Gasteiger partial charge >= 0.3 is 6.18 Å². The molecule has 0 fully saturated rings. The molecule has 1 rings (SSSR count). The largest absolute Gasteiger partial charge is 0.491 e. The van der Waals surface area contributed by atoms with E-state index in [1.807, 2.05) is 0 Å². The first-order chi connectivity index (χ1) is 6.79. The Morgan fingerprint density at radius 2 is 1.73 bits per heavy atom. The van der Waals surface area contributed by atoms with Gasteiger partial charge in [0.1, 0.15) is 11.6 Å². The maximum Gasteiger partial charge on any atom is 0.416 e. The Balaban J connectivity index is 3.06. The highest BCUT2D eigenvalue weighted by Crippen LogP contribution is 2.32. The Kier molecular flexibility index (Phi) is 3.21. The summed E-state index contributed by atoms with van der Waals surface area (Å²) in [6.07, 6.45) is -4.86. The van der Waals surface area contributed by atoms with Crippen LogP contribution in [-0.2, 0) is 6.18 Å². The van der Waals surface area contributed by atoms with Crippen LogP contribution < -0.4 is 4.74 Å². The average molecular weight is 222 g/mol. The molecule has 0 atom stereocenters. The summed E-state index contributed by atoms with van der Waals surface area (Å²) in [5, 5.41) is 0. The van der Waals surface area contributed by atoms with Crippen molar-refractivity contribution in [2.45, 2.75) is 26.1 Å². The predicted molar refractivity (Wildman–Crippen MR) is 47.2 cm³/mol. The predicted octanol–water partition coefficient (Wildman–Crippen LogP) is 3.63. The van der Waals surface area contributed by atoms with Crippen LogP contribution >= 0.6 is 0 Å². The Bertz CT molecular complexity index is 344. The van der Waals surface area contributed by atoms with Gasteiger partial charge in [-0.2, -0.15) is 13.2 Å². The van der Waals surface area contributed by atoms with Gasteiger partial charge in [0.05, 0.1) is 11.7 Å². The fourth-order valence-electron chi connectivity index (χ4n) is 1.07. The Labute approximate surface area is 84.7 Å². The van der Waals surface area contributed by atoms with Gasteiger partial charge in [-0.15, -0.1) is 0 Å². The summed E-state index contributed by atoms with van der Waals surface area (Å²) < 4.78 is 54.6. The molecule has 0 aliphatic rings. The molecule has 1 aromatic carbocycles. The summed E-state index contributed by atoms with van der Waals surface area (Å²) >= 11 is 0. The molecular weight excluding hydrogens is 212 g/mol. The molecule has 1 aromatic rings. The van der Waals surface area contributed by atoms with E-state index in [0.717, 1.165) is 12.1 Å². The number of rotatable bonds is 2. The highest BCUT2D eigenvalue weighted by molar-refractivity contribution is 5.31. The third-order valence-corrected chi connectivity index (χ3v) is 1.57. The van der Waals surface area contributed by atoms with Crippen LogP contribution in [0.25, 0.3) is 0 Å². The molecule has 15 heavy (non-hydrogen) atoms. The summed E-state index contributed by atoms with van der Waals surface area (Å²) in [4.78, 5) is 0. The molecule has 0 saturated heterocycles. The quantitative estimate of drug-likeness (QED) is 0.694. The van der Waals surface area contributed by atoms with Crippen molar-refractivity contribution >= 4 is 0 Å². The van der Waals surface area contributed by atoms with Crippen molar-refractivity contribution in [1.82, 2.24) is 0 Å². The second-order valence-electron chi connectivity index (χ2n) is 3.34. The molecule has 0 saturated carbocycles. The normalized spacial score (nSPS) is 11.9. The van der Waals surface area contributed by atoms with Crippen LogP contribution in [0.5, 0.6) is 5.75 Å². The van der Waals surface area contributed by atoms with Crippen LogP contribution in [0, 0.1) is 5.82 Å². The Morgan fingerprint density at radius 3 is 2.20 bits per heavy atom. The lowest BCUT2D eigenvalue weighted by molar-refractivity contribution is -0.137. The van der Waals surface area contributed by atoms with E-state index in [4.69, 9.17) is 4.74 Å². The highest BCUT2D eigenvalue weighted by Gasteiger charge is 2.31. The lowest BCUT2D eigenvalue weighted by Crippen LogP contribution is -2.09. The van der Waals surface area contributed by atoms with Crippen LogP contribution in [0.4, 0.5) is 17.6 Å². The minimum absolute atomic E-state index is 0.114. The monoisotopic (exact) mass is 222 g/mol. The Morgan fingerprint density at radius 1 is 1.13 bits per heavy atom. The molecule has 0 bridgehead atoms. The topological polar surface area (TPSA) is 9.23 Å². The summed E-state index contributed by atoms with van der Waals surface area (Å²) in [6, 6.07) is 2.14. The van der Waals surface area contributed by atoms with Crippen LogP contribution in [0.15, 0.2) is 18.2 Å². The molecule has 0 aliphatic heterocycles. The van der Waals surface area contributed by atoms with Crippen LogP contribution in [0.2, 0.25) is 0 Å². The molecule has 0 N–H and O–H groups in total. The van der Waals surface area contributed by atoms with Gasteiger partial charge in [-0.1, -0.05) is 0 Å². The van der Waals surface area contributed by atoms with E-state index < -0.39 is 17.6 Å². The van der Waals surface area contributed by atoms with Crippen LogP contribution in [0.1, 0.15) is 19.4 Å². The molecule has 0 aromatic heterocycles. The van der Waals surface area contributed by atoms with Crippen molar-refractivity contribution in [3.05, 3.63) is 29.6 Å². The number of halogens is 4. The minimum Gasteiger partial charge on any atom is -0.491 e. The van der Waals surface area contributed by atoms with E-state index in [1.165, 1.54) is 0 Å². The fraction of sp³-hybridized carbons (Fsp3) is 0.400. The van der Waals surface area contributed by atoms with E-state index in [-0.39, 0.29) is 11.9 Å². The van der Waals surface area contributed by atoms with Crippen LogP contribution in [-0.4, -0.2) is 6.10 Å². The smallest absolute Gasteiger partial charge is 0.416 e. The second-order valence-corrected chi connectivity index (χ2v) is 3.34. The molecule has 0 radical (unpaired) electrons. The molecule has 84 valence electrons. The average Bonchev–Trinajstić information content (AvgIpc) is 1.99. The first-order valence-corrected chi connectivity index (χ1v) is 4.33. The molecule has 0 unspecified atom stereocenters. The van der Waals surface area contributed by atoms with Crippen molar-refractivity contribution in [2.75, 3.05) is 0 Å². The second kappa shape index (κ2) is 4.08. The lowest BCUT2D eigenvalue weighted by atomic mass is 10.2. The molecule has 0 amide bonds. The standard InChI is InChI=1S/C10H10F4O/c1-6(2)15-9-4-7(10(12,13)14)3-8(11)5-9/h3-6H,1-2H3. The molecule has 5 heteroatoms. The summed E-state index contributed by atoms with van der Waals surface area (Å²) in [7, 11) is 0. The fourth-order valence-corrected chi connectivity index (χ4v) is 1.07. The van der Waals surface area contributed by atoms with Crippen molar-refractivity contribution in [2.24, 2.45) is 0 Å². The summed E-state index contributed by atoms with van der Waals surface area (Å²) in [6.45, 7) is 3.30. The van der Waals surface area contributed by atoms with Crippen molar-refractivity contribution in [3.63, 3.8) is 0 Å². The highest BCUT2D eigenvalue weighted by atomic mass is 19.4. The van der Waals surface area contributed by atoms with Crippen molar-refractivity contribution in [1.29, 1.82) is 0 Å². The first kappa shape index (κ1) is 11.8.